The second-order valence-corrected chi connectivity index (χ2v) is 7.45. The molecule has 1 atom stereocenters. The Bertz CT molecular complexity index is 858. The third-order valence-corrected chi connectivity index (χ3v) is 5.25. The van der Waals surface area contributed by atoms with Gasteiger partial charge in [0.05, 0.1) is 6.54 Å². The fourth-order valence-corrected chi connectivity index (χ4v) is 3.65. The molecule has 1 aromatic heterocycles. The fraction of sp³-hybridized carbons (Fsp3) is 0.250. The molecule has 0 aliphatic rings. The second kappa shape index (κ2) is 9.34. The molecule has 0 saturated carbocycles. The highest BCUT2D eigenvalue weighted by Crippen LogP contribution is 2.29. The highest BCUT2D eigenvalue weighted by molar-refractivity contribution is 14.0. The monoisotopic (exact) mass is 481 g/mol. The van der Waals surface area contributed by atoms with Crippen LogP contribution in [0.25, 0.3) is 10.1 Å². The zero-order chi connectivity index (χ0) is 17.8. The third kappa shape index (κ3) is 5.18. The summed E-state index contributed by atoms with van der Waals surface area (Å²) in [6.45, 7) is 4.53. The van der Waals surface area contributed by atoms with Gasteiger partial charge in [-0.3, -0.25) is 4.99 Å². The minimum Gasteiger partial charge on any atom is -0.386 e. The number of nitrogens with two attached hydrogens (primary N) is 1. The maximum atomic E-state index is 10.4. The summed E-state index contributed by atoms with van der Waals surface area (Å²) in [6, 6.07) is 18.2. The van der Waals surface area contributed by atoms with Gasteiger partial charge in [-0.25, -0.2) is 0 Å². The molecule has 0 spiro atoms. The van der Waals surface area contributed by atoms with Crippen LogP contribution in [0.15, 0.2) is 59.6 Å². The Hall–Kier alpha value is -1.64. The SMILES string of the molecule is CC(C)c1cccc(NC(N)=NCC(O)c2cc3ccccc3s2)c1.I. The Morgan fingerprint density at radius 2 is 1.92 bits per heavy atom. The number of hydrogen-bond acceptors (Lipinski definition) is 3. The first-order chi connectivity index (χ1) is 12.0. The molecule has 0 fully saturated rings. The number of aliphatic hydroxyl groups excluding tert-OH is 1. The van der Waals surface area contributed by atoms with E-state index in [1.807, 2.05) is 36.4 Å². The largest absolute Gasteiger partial charge is 0.386 e. The van der Waals surface area contributed by atoms with Gasteiger partial charge in [-0.1, -0.05) is 44.2 Å². The molecule has 1 heterocycles. The Labute approximate surface area is 175 Å². The van der Waals surface area contributed by atoms with Gasteiger partial charge in [0, 0.05) is 15.3 Å². The molecule has 3 rings (SSSR count). The van der Waals surface area contributed by atoms with Gasteiger partial charge < -0.3 is 16.2 Å². The Morgan fingerprint density at radius 3 is 2.65 bits per heavy atom. The van der Waals surface area contributed by atoms with E-state index in [1.54, 1.807) is 11.3 Å². The minimum absolute atomic E-state index is 0. The first-order valence-electron chi connectivity index (χ1n) is 8.36. The van der Waals surface area contributed by atoms with E-state index in [2.05, 4.69) is 42.4 Å². The van der Waals surface area contributed by atoms with Crippen LogP contribution in [0.1, 0.15) is 36.3 Å². The van der Waals surface area contributed by atoms with Crippen LogP contribution in [-0.4, -0.2) is 17.6 Å². The molecule has 1 unspecified atom stereocenters. The molecule has 6 heteroatoms. The predicted molar refractivity (Wildman–Crippen MR) is 123 cm³/mol. The van der Waals surface area contributed by atoms with Crippen molar-refractivity contribution in [3.63, 3.8) is 0 Å². The van der Waals surface area contributed by atoms with Crippen LogP contribution in [-0.2, 0) is 0 Å². The van der Waals surface area contributed by atoms with Gasteiger partial charge in [-0.15, -0.1) is 35.3 Å². The average Bonchev–Trinajstić information content (AvgIpc) is 3.04. The van der Waals surface area contributed by atoms with E-state index in [0.717, 1.165) is 20.7 Å². The van der Waals surface area contributed by atoms with Gasteiger partial charge in [0.2, 0.25) is 0 Å². The Balaban J connectivity index is 0.00000243. The van der Waals surface area contributed by atoms with Crippen LogP contribution < -0.4 is 11.1 Å². The van der Waals surface area contributed by atoms with Gasteiger partial charge >= 0.3 is 0 Å². The lowest BCUT2D eigenvalue weighted by molar-refractivity contribution is 0.191. The highest BCUT2D eigenvalue weighted by atomic mass is 127. The number of benzene rings is 2. The van der Waals surface area contributed by atoms with E-state index in [-0.39, 0.29) is 30.5 Å². The van der Waals surface area contributed by atoms with Gasteiger partial charge in [-0.2, -0.15) is 0 Å². The van der Waals surface area contributed by atoms with Crippen LogP contribution in [0.4, 0.5) is 5.69 Å². The van der Waals surface area contributed by atoms with Gasteiger partial charge in [0.15, 0.2) is 5.96 Å². The minimum atomic E-state index is -0.653. The van der Waals surface area contributed by atoms with Crippen LogP contribution in [0, 0.1) is 0 Å². The molecule has 2 aromatic carbocycles. The molecule has 0 amide bonds. The quantitative estimate of drug-likeness (QED) is 0.270. The number of halogens is 1. The van der Waals surface area contributed by atoms with E-state index in [9.17, 15) is 5.11 Å². The van der Waals surface area contributed by atoms with Crippen molar-refractivity contribution in [2.75, 3.05) is 11.9 Å². The number of anilines is 1. The summed E-state index contributed by atoms with van der Waals surface area (Å²) in [5.74, 6) is 0.760. The van der Waals surface area contributed by atoms with Crippen molar-refractivity contribution in [3.8, 4) is 0 Å². The summed E-state index contributed by atoms with van der Waals surface area (Å²) in [5.41, 5.74) is 8.11. The fourth-order valence-electron chi connectivity index (χ4n) is 2.60. The molecule has 0 bridgehead atoms. The lowest BCUT2D eigenvalue weighted by Gasteiger charge is -2.10. The number of guanidine groups is 1. The van der Waals surface area contributed by atoms with Crippen molar-refractivity contribution in [1.82, 2.24) is 0 Å². The normalized spacial score (nSPS) is 12.8. The summed E-state index contributed by atoms with van der Waals surface area (Å²) < 4.78 is 1.16. The summed E-state index contributed by atoms with van der Waals surface area (Å²) in [6.07, 6.45) is -0.653. The topological polar surface area (TPSA) is 70.6 Å². The molecule has 0 aliphatic heterocycles. The van der Waals surface area contributed by atoms with Crippen LogP contribution >= 0.6 is 35.3 Å². The van der Waals surface area contributed by atoms with Gasteiger partial charge in [0.25, 0.3) is 0 Å². The summed E-state index contributed by atoms with van der Waals surface area (Å²) in [5, 5.41) is 14.6. The number of rotatable bonds is 5. The van der Waals surface area contributed by atoms with Crippen molar-refractivity contribution in [2.45, 2.75) is 25.9 Å². The number of nitrogens with one attached hydrogen (secondary N) is 1. The number of aliphatic imine (C=N–C) groups is 1. The molecule has 138 valence electrons. The number of thiophene rings is 1. The number of nitrogens with zero attached hydrogens (tertiary/aromatic N) is 1. The van der Waals surface area contributed by atoms with E-state index in [0.29, 0.717) is 11.9 Å². The Kier molecular flexibility index (Phi) is 7.43. The second-order valence-electron chi connectivity index (χ2n) is 6.33. The predicted octanol–water partition coefficient (Wildman–Crippen LogP) is 5.10. The van der Waals surface area contributed by atoms with Gasteiger partial charge in [0.1, 0.15) is 6.10 Å². The molecule has 0 aliphatic carbocycles. The van der Waals surface area contributed by atoms with E-state index in [4.69, 9.17) is 5.73 Å². The van der Waals surface area contributed by atoms with Crippen molar-refractivity contribution in [2.24, 2.45) is 10.7 Å². The van der Waals surface area contributed by atoms with E-state index >= 15 is 0 Å². The van der Waals surface area contributed by atoms with Crippen molar-refractivity contribution in [1.29, 1.82) is 0 Å². The molecule has 0 radical (unpaired) electrons. The summed E-state index contributed by atoms with van der Waals surface area (Å²) >= 11 is 1.59. The molecule has 4 nitrogen and oxygen atoms in total. The summed E-state index contributed by atoms with van der Waals surface area (Å²) in [4.78, 5) is 5.18. The van der Waals surface area contributed by atoms with Gasteiger partial charge in [-0.05, 0) is 41.1 Å². The smallest absolute Gasteiger partial charge is 0.193 e. The molecular formula is C20H24IN3OS. The maximum Gasteiger partial charge on any atom is 0.193 e. The maximum absolute atomic E-state index is 10.4. The molecule has 0 saturated heterocycles. The van der Waals surface area contributed by atoms with Crippen molar-refractivity contribution < 1.29 is 5.11 Å². The van der Waals surface area contributed by atoms with Crippen LogP contribution in [0.5, 0.6) is 0 Å². The standard InChI is InChI=1S/C20H23N3OS.HI/c1-13(2)14-7-5-8-16(10-14)23-20(21)22-12-17(24)19-11-15-6-3-4-9-18(15)25-19;/h3-11,13,17,24H,12H2,1-2H3,(H3,21,22,23);1H. The van der Waals surface area contributed by atoms with Crippen molar-refractivity contribution in [3.05, 3.63) is 65.0 Å². The average molecular weight is 481 g/mol. The van der Waals surface area contributed by atoms with Crippen LogP contribution in [0.2, 0.25) is 0 Å². The van der Waals surface area contributed by atoms with Crippen molar-refractivity contribution >= 4 is 57.0 Å². The third-order valence-electron chi connectivity index (χ3n) is 4.03. The Morgan fingerprint density at radius 1 is 1.15 bits per heavy atom. The number of hydrogen-bond donors (Lipinski definition) is 3. The molecule has 4 N–H and O–H groups in total. The molecule has 3 aromatic rings. The number of aliphatic hydroxyl groups is 1. The molecular weight excluding hydrogens is 457 g/mol. The lowest BCUT2D eigenvalue weighted by Crippen LogP contribution is -2.23. The van der Waals surface area contributed by atoms with E-state index in [1.165, 1.54) is 5.56 Å². The molecule has 26 heavy (non-hydrogen) atoms. The highest BCUT2D eigenvalue weighted by Gasteiger charge is 2.11. The zero-order valence-corrected chi connectivity index (χ0v) is 18.0. The van der Waals surface area contributed by atoms with E-state index < -0.39 is 6.10 Å². The summed E-state index contributed by atoms with van der Waals surface area (Å²) in [7, 11) is 0. The zero-order valence-electron chi connectivity index (χ0n) is 14.8. The number of fused-ring (bicyclic) bond motifs is 1. The lowest BCUT2D eigenvalue weighted by atomic mass is 10.0. The van der Waals surface area contributed by atoms with Crippen LogP contribution in [0.3, 0.4) is 0 Å². The first kappa shape index (κ1) is 20.7. The first-order valence-corrected chi connectivity index (χ1v) is 9.18.